The van der Waals surface area contributed by atoms with Gasteiger partial charge in [-0.2, -0.15) is 0 Å². The van der Waals surface area contributed by atoms with E-state index in [4.69, 9.17) is 11.6 Å². The van der Waals surface area contributed by atoms with Gasteiger partial charge >= 0.3 is 0 Å². The molecule has 0 heterocycles. The molecule has 0 unspecified atom stereocenters. The molecule has 0 bridgehead atoms. The van der Waals surface area contributed by atoms with Crippen molar-refractivity contribution in [3.8, 4) is 0 Å². The topological polar surface area (TPSA) is 0 Å². The van der Waals surface area contributed by atoms with E-state index in [0.29, 0.717) is 10.6 Å². The molecule has 0 N–H and O–H groups in total. The van der Waals surface area contributed by atoms with Crippen LogP contribution in [0, 0.1) is 17.4 Å². The smallest absolute Gasteiger partial charge is 0.206 e. The molecule has 11 heavy (non-hydrogen) atoms. The predicted molar refractivity (Wildman–Crippen MR) is 41.0 cm³/mol. The minimum absolute atomic E-state index is 0.170. The SMILES string of the molecule is CC(C)c1c(F)cccc1[ClH+]. The molecule has 1 aromatic carbocycles. The number of hydrogen-bond acceptors (Lipinski definition) is 0. The largest absolute Gasteiger partial charge is 0.231 e. The normalized spacial score (nSPS) is 10.6. The molecule has 0 radical (unpaired) electrons. The Kier molecular flexibility index (Phi) is 2.50. The van der Waals surface area contributed by atoms with Crippen molar-refractivity contribution in [3.63, 3.8) is 0 Å². The van der Waals surface area contributed by atoms with Crippen LogP contribution in [0.4, 0.5) is 4.39 Å². The molecule has 0 fully saturated rings. The van der Waals surface area contributed by atoms with Gasteiger partial charge in [-0.3, -0.25) is 0 Å². The first-order chi connectivity index (χ1) is 5.13. The number of rotatable bonds is 1. The highest BCUT2D eigenvalue weighted by Crippen LogP contribution is 2.22. The third-order valence-electron chi connectivity index (χ3n) is 1.59. The first-order valence-corrected chi connectivity index (χ1v) is 3.99. The molecule has 1 rings (SSSR count). The van der Waals surface area contributed by atoms with E-state index in [0.717, 1.165) is 0 Å². The van der Waals surface area contributed by atoms with E-state index in [9.17, 15) is 4.39 Å². The summed E-state index contributed by atoms with van der Waals surface area (Å²) in [6.07, 6.45) is 0. The fraction of sp³-hybridized carbons (Fsp3) is 0.333. The third-order valence-corrected chi connectivity index (χ3v) is 1.95. The summed E-state index contributed by atoms with van der Waals surface area (Å²) in [5.74, 6) is -0.0174. The minimum Gasteiger partial charge on any atom is -0.206 e. The van der Waals surface area contributed by atoms with Crippen molar-refractivity contribution in [3.05, 3.63) is 34.6 Å². The summed E-state index contributed by atoms with van der Waals surface area (Å²) in [5.41, 5.74) is 0.655. The van der Waals surface area contributed by atoms with Crippen LogP contribution in [0.25, 0.3) is 0 Å². The molecule has 0 saturated carbocycles. The highest BCUT2D eigenvalue weighted by atomic mass is 35.5. The molecule has 0 saturated heterocycles. The average molecular weight is 174 g/mol. The lowest BCUT2D eigenvalue weighted by atomic mass is 10.0. The molecule has 1 aromatic rings. The lowest BCUT2D eigenvalue weighted by molar-refractivity contribution is -0.290. The van der Waals surface area contributed by atoms with Gasteiger partial charge in [-0.25, -0.2) is 4.39 Å². The lowest BCUT2D eigenvalue weighted by Gasteiger charge is -2.03. The van der Waals surface area contributed by atoms with Gasteiger partial charge in [0, 0.05) is 6.07 Å². The zero-order chi connectivity index (χ0) is 8.43. The summed E-state index contributed by atoms with van der Waals surface area (Å²) in [6, 6.07) is 4.85. The summed E-state index contributed by atoms with van der Waals surface area (Å²) >= 11 is 4.98. The zero-order valence-electron chi connectivity index (χ0n) is 6.60. The Balaban J connectivity index is 3.21. The number of hydrogen-bond donors (Lipinski definition) is 0. The Morgan fingerprint density at radius 1 is 1.36 bits per heavy atom. The summed E-state index contributed by atoms with van der Waals surface area (Å²) < 4.78 is 13.0. The molecule has 0 nitrogen and oxygen atoms in total. The highest BCUT2D eigenvalue weighted by molar-refractivity contribution is 5.27. The molecule has 0 aliphatic heterocycles. The van der Waals surface area contributed by atoms with Gasteiger partial charge in [0.05, 0.1) is 5.56 Å². The molecule has 0 atom stereocenters. The Bertz CT molecular complexity index is 235. The lowest BCUT2D eigenvalue weighted by Crippen LogP contribution is -1.94. The molecule has 60 valence electrons. The maximum Gasteiger partial charge on any atom is 0.231 e. The van der Waals surface area contributed by atoms with Crippen LogP contribution in [0.2, 0.25) is 5.02 Å². The maximum atomic E-state index is 13.0. The van der Waals surface area contributed by atoms with Crippen LogP contribution >= 0.6 is 0 Å². The second kappa shape index (κ2) is 3.22. The van der Waals surface area contributed by atoms with Crippen LogP contribution < -0.4 is 0 Å². The quantitative estimate of drug-likeness (QED) is 0.613. The van der Waals surface area contributed by atoms with Gasteiger partial charge in [0.15, 0.2) is 11.6 Å². The molecule has 0 aromatic heterocycles. The Morgan fingerprint density at radius 2 is 2.00 bits per heavy atom. The van der Waals surface area contributed by atoms with E-state index in [1.807, 2.05) is 13.8 Å². The van der Waals surface area contributed by atoms with Crippen LogP contribution in [-0.2, 0) is 0 Å². The Hall–Kier alpha value is -0.560. The second-order valence-corrected chi connectivity index (χ2v) is 3.25. The Labute approximate surface area is 71.0 Å². The van der Waals surface area contributed by atoms with E-state index < -0.39 is 0 Å². The summed E-state index contributed by atoms with van der Waals surface area (Å²) in [6.45, 7) is 3.88. The van der Waals surface area contributed by atoms with Crippen molar-refractivity contribution >= 4 is 0 Å². The third kappa shape index (κ3) is 1.72. The fourth-order valence-electron chi connectivity index (χ4n) is 1.08. The van der Waals surface area contributed by atoms with Crippen molar-refractivity contribution in [2.24, 2.45) is 0 Å². The van der Waals surface area contributed by atoms with Gasteiger partial charge in [-0.15, -0.1) is 0 Å². The first-order valence-electron chi connectivity index (χ1n) is 3.58. The minimum atomic E-state index is -0.187. The van der Waals surface area contributed by atoms with Gasteiger partial charge in [0.1, 0.15) is 5.82 Å². The van der Waals surface area contributed by atoms with Crippen LogP contribution in [0.5, 0.6) is 0 Å². The van der Waals surface area contributed by atoms with Gasteiger partial charge in [-0.1, -0.05) is 19.9 Å². The predicted octanol–water partition coefficient (Wildman–Crippen LogP) is 2.65. The zero-order valence-corrected chi connectivity index (χ0v) is 7.41. The fourth-order valence-corrected chi connectivity index (χ4v) is 1.49. The van der Waals surface area contributed by atoms with Gasteiger partial charge < -0.3 is 0 Å². The second-order valence-electron chi connectivity index (χ2n) is 2.81. The summed E-state index contributed by atoms with van der Waals surface area (Å²) in [4.78, 5) is 0. The Morgan fingerprint density at radius 3 is 2.36 bits per heavy atom. The highest BCUT2D eigenvalue weighted by Gasteiger charge is 2.14. The van der Waals surface area contributed by atoms with Crippen molar-refractivity contribution in [2.45, 2.75) is 19.8 Å². The molecule has 0 spiro atoms. The number of halogens is 2. The van der Waals surface area contributed by atoms with E-state index in [2.05, 4.69) is 0 Å². The van der Waals surface area contributed by atoms with Crippen LogP contribution in [0.3, 0.4) is 0 Å². The van der Waals surface area contributed by atoms with Crippen molar-refractivity contribution in [1.29, 1.82) is 0 Å². The molecular weight excluding hydrogens is 163 g/mol. The van der Waals surface area contributed by atoms with Crippen LogP contribution in [-0.4, -0.2) is 0 Å². The number of benzene rings is 1. The summed E-state index contributed by atoms with van der Waals surface area (Å²) in [7, 11) is 0. The first kappa shape index (κ1) is 8.54. The van der Waals surface area contributed by atoms with Crippen molar-refractivity contribution in [1.82, 2.24) is 0 Å². The monoisotopic (exact) mass is 173 g/mol. The molecule has 0 aliphatic carbocycles. The van der Waals surface area contributed by atoms with Crippen LogP contribution in [0.1, 0.15) is 25.3 Å². The van der Waals surface area contributed by atoms with Crippen molar-refractivity contribution < 1.29 is 16.0 Å². The average Bonchev–Trinajstić information content (AvgIpc) is 1.85. The maximum absolute atomic E-state index is 13.0. The van der Waals surface area contributed by atoms with Crippen molar-refractivity contribution in [2.75, 3.05) is 0 Å². The summed E-state index contributed by atoms with van der Waals surface area (Å²) in [5, 5.41) is 0.625. The molecular formula is C9H11ClF+. The molecule has 0 aliphatic rings. The van der Waals surface area contributed by atoms with E-state index in [1.165, 1.54) is 6.07 Å². The standard InChI is InChI=1S/C9H11ClF/c1-6(2)9-7(10)4-3-5-8(9)11/h3-6,10H,1-2H3/q+1. The van der Waals surface area contributed by atoms with E-state index in [1.54, 1.807) is 12.1 Å². The van der Waals surface area contributed by atoms with E-state index in [-0.39, 0.29) is 11.7 Å². The van der Waals surface area contributed by atoms with Crippen LogP contribution in [0.15, 0.2) is 18.2 Å². The molecule has 0 amide bonds. The van der Waals surface area contributed by atoms with Gasteiger partial charge in [0.2, 0.25) is 5.02 Å². The van der Waals surface area contributed by atoms with Gasteiger partial charge in [-0.05, 0) is 12.0 Å². The van der Waals surface area contributed by atoms with E-state index >= 15 is 0 Å². The molecule has 2 heteroatoms. The van der Waals surface area contributed by atoms with Gasteiger partial charge in [0.25, 0.3) is 0 Å².